The zero-order valence-electron chi connectivity index (χ0n) is 11.1. The van der Waals surface area contributed by atoms with E-state index in [1.807, 2.05) is 11.7 Å². The molecular weight excluding hydrogens is 214 g/mol. The standard InChI is InChI=1S/C13H23N3O/c1-10(2)6-14-7-12-8-16(3)15-13(12)11-4-5-17-9-11/h8,10-11,14H,4-7,9H2,1-3H3. The lowest BCUT2D eigenvalue weighted by molar-refractivity contribution is 0.193. The molecule has 96 valence electrons. The number of nitrogens with zero attached hydrogens (tertiary/aromatic N) is 2. The molecule has 0 aliphatic carbocycles. The summed E-state index contributed by atoms with van der Waals surface area (Å²) < 4.78 is 7.37. The largest absolute Gasteiger partial charge is 0.381 e. The zero-order chi connectivity index (χ0) is 12.3. The van der Waals surface area contributed by atoms with E-state index in [0.29, 0.717) is 11.8 Å². The van der Waals surface area contributed by atoms with Crippen molar-refractivity contribution >= 4 is 0 Å². The lowest BCUT2D eigenvalue weighted by Crippen LogP contribution is -2.19. The van der Waals surface area contributed by atoms with Crippen LogP contribution < -0.4 is 5.32 Å². The van der Waals surface area contributed by atoms with Crippen molar-refractivity contribution in [3.63, 3.8) is 0 Å². The second kappa shape index (κ2) is 5.65. The highest BCUT2D eigenvalue weighted by Crippen LogP contribution is 2.26. The van der Waals surface area contributed by atoms with Gasteiger partial charge in [0.2, 0.25) is 0 Å². The van der Waals surface area contributed by atoms with Crippen LogP contribution in [-0.2, 0) is 18.3 Å². The van der Waals surface area contributed by atoms with Crippen LogP contribution in [0.25, 0.3) is 0 Å². The van der Waals surface area contributed by atoms with Gasteiger partial charge in [-0.05, 0) is 18.9 Å². The van der Waals surface area contributed by atoms with Crippen LogP contribution in [0.4, 0.5) is 0 Å². The molecule has 4 nitrogen and oxygen atoms in total. The molecule has 1 N–H and O–H groups in total. The zero-order valence-corrected chi connectivity index (χ0v) is 11.1. The van der Waals surface area contributed by atoms with Crippen LogP contribution in [0.15, 0.2) is 6.20 Å². The predicted octanol–water partition coefficient (Wildman–Crippen LogP) is 1.67. The quantitative estimate of drug-likeness (QED) is 0.846. The van der Waals surface area contributed by atoms with E-state index in [4.69, 9.17) is 4.74 Å². The number of aromatic nitrogens is 2. The smallest absolute Gasteiger partial charge is 0.0724 e. The van der Waals surface area contributed by atoms with Gasteiger partial charge in [-0.2, -0.15) is 5.10 Å². The Balaban J connectivity index is 1.99. The molecule has 1 aliphatic rings. The van der Waals surface area contributed by atoms with Crippen molar-refractivity contribution in [2.45, 2.75) is 32.7 Å². The molecule has 2 heterocycles. The van der Waals surface area contributed by atoms with E-state index in [2.05, 4.69) is 30.5 Å². The van der Waals surface area contributed by atoms with E-state index < -0.39 is 0 Å². The molecule has 0 amide bonds. The first kappa shape index (κ1) is 12.6. The molecule has 1 unspecified atom stereocenters. The summed E-state index contributed by atoms with van der Waals surface area (Å²) in [6, 6.07) is 0. The summed E-state index contributed by atoms with van der Waals surface area (Å²) in [4.78, 5) is 0. The molecule has 0 aromatic carbocycles. The molecule has 0 bridgehead atoms. The molecule has 1 aromatic heterocycles. The first-order valence-corrected chi connectivity index (χ1v) is 6.47. The Labute approximate surface area is 103 Å². The van der Waals surface area contributed by atoms with E-state index >= 15 is 0 Å². The van der Waals surface area contributed by atoms with Gasteiger partial charge in [-0.15, -0.1) is 0 Å². The van der Waals surface area contributed by atoms with Gasteiger partial charge in [-0.1, -0.05) is 13.8 Å². The lowest BCUT2D eigenvalue weighted by Gasteiger charge is -2.09. The number of rotatable bonds is 5. The topological polar surface area (TPSA) is 39.1 Å². The minimum absolute atomic E-state index is 0.493. The highest BCUT2D eigenvalue weighted by molar-refractivity contribution is 5.22. The fraction of sp³-hybridized carbons (Fsp3) is 0.769. The number of aryl methyl sites for hydroxylation is 1. The van der Waals surface area contributed by atoms with Crippen molar-refractivity contribution in [3.05, 3.63) is 17.5 Å². The Morgan fingerprint density at radius 2 is 2.41 bits per heavy atom. The van der Waals surface area contributed by atoms with Crippen LogP contribution in [0.3, 0.4) is 0 Å². The van der Waals surface area contributed by atoms with Crippen molar-refractivity contribution in [2.75, 3.05) is 19.8 Å². The third-order valence-electron chi connectivity index (χ3n) is 3.12. The van der Waals surface area contributed by atoms with Gasteiger partial charge in [0.25, 0.3) is 0 Å². The Hall–Kier alpha value is -0.870. The summed E-state index contributed by atoms with van der Waals surface area (Å²) in [5.41, 5.74) is 2.55. The van der Waals surface area contributed by atoms with Crippen molar-refractivity contribution in [1.29, 1.82) is 0 Å². The summed E-state index contributed by atoms with van der Waals surface area (Å²) in [5.74, 6) is 1.18. The SMILES string of the molecule is CC(C)CNCc1cn(C)nc1C1CCOC1. The molecule has 2 rings (SSSR count). The van der Waals surface area contributed by atoms with Crippen molar-refractivity contribution in [2.24, 2.45) is 13.0 Å². The minimum atomic E-state index is 0.493. The van der Waals surface area contributed by atoms with E-state index in [9.17, 15) is 0 Å². The Kier molecular flexibility index (Phi) is 4.18. The Bertz CT molecular complexity index is 354. The normalized spacial score (nSPS) is 20.4. The van der Waals surface area contributed by atoms with Gasteiger partial charge in [0, 0.05) is 37.9 Å². The second-order valence-corrected chi connectivity index (χ2v) is 5.30. The van der Waals surface area contributed by atoms with Crippen LogP contribution in [0, 0.1) is 5.92 Å². The van der Waals surface area contributed by atoms with Gasteiger partial charge in [0.15, 0.2) is 0 Å². The fourth-order valence-electron chi connectivity index (χ4n) is 2.28. The van der Waals surface area contributed by atoms with Crippen LogP contribution in [0.5, 0.6) is 0 Å². The molecule has 1 aromatic rings. The van der Waals surface area contributed by atoms with E-state index in [1.165, 1.54) is 11.3 Å². The van der Waals surface area contributed by atoms with Gasteiger partial charge in [0.1, 0.15) is 0 Å². The Morgan fingerprint density at radius 1 is 1.59 bits per heavy atom. The highest BCUT2D eigenvalue weighted by Gasteiger charge is 2.23. The predicted molar refractivity (Wildman–Crippen MR) is 67.9 cm³/mol. The molecule has 17 heavy (non-hydrogen) atoms. The van der Waals surface area contributed by atoms with Gasteiger partial charge in [0.05, 0.1) is 12.3 Å². The van der Waals surface area contributed by atoms with Crippen LogP contribution in [-0.4, -0.2) is 29.5 Å². The monoisotopic (exact) mass is 237 g/mol. The molecule has 1 saturated heterocycles. The number of hydrogen-bond donors (Lipinski definition) is 1. The molecule has 0 radical (unpaired) electrons. The van der Waals surface area contributed by atoms with Crippen molar-refractivity contribution in [3.8, 4) is 0 Å². The van der Waals surface area contributed by atoms with Gasteiger partial charge in [-0.3, -0.25) is 4.68 Å². The molecule has 4 heteroatoms. The molecule has 0 saturated carbocycles. The molecule has 1 atom stereocenters. The Morgan fingerprint density at radius 3 is 3.06 bits per heavy atom. The maximum atomic E-state index is 5.45. The molecule has 1 aliphatic heterocycles. The first-order chi connectivity index (χ1) is 8.16. The third kappa shape index (κ3) is 3.30. The summed E-state index contributed by atoms with van der Waals surface area (Å²) in [6.07, 6.45) is 3.23. The first-order valence-electron chi connectivity index (χ1n) is 6.47. The third-order valence-corrected chi connectivity index (χ3v) is 3.12. The summed E-state index contributed by atoms with van der Waals surface area (Å²) in [5, 5.41) is 8.07. The highest BCUT2D eigenvalue weighted by atomic mass is 16.5. The molecular formula is C13H23N3O. The fourth-order valence-corrected chi connectivity index (χ4v) is 2.28. The summed E-state index contributed by atoms with van der Waals surface area (Å²) >= 11 is 0. The van der Waals surface area contributed by atoms with Crippen LogP contribution in [0.2, 0.25) is 0 Å². The van der Waals surface area contributed by atoms with Gasteiger partial charge < -0.3 is 10.1 Å². The average Bonchev–Trinajstić information content (AvgIpc) is 2.86. The molecule has 0 spiro atoms. The number of hydrogen-bond acceptors (Lipinski definition) is 3. The average molecular weight is 237 g/mol. The lowest BCUT2D eigenvalue weighted by atomic mass is 10.0. The second-order valence-electron chi connectivity index (χ2n) is 5.30. The summed E-state index contributed by atoms with van der Waals surface area (Å²) in [6.45, 7) is 8.12. The van der Waals surface area contributed by atoms with Crippen LogP contribution >= 0.6 is 0 Å². The van der Waals surface area contributed by atoms with Crippen molar-refractivity contribution < 1.29 is 4.74 Å². The van der Waals surface area contributed by atoms with Crippen molar-refractivity contribution in [1.82, 2.24) is 15.1 Å². The van der Waals surface area contributed by atoms with Crippen LogP contribution in [0.1, 0.15) is 37.4 Å². The number of ether oxygens (including phenoxy) is 1. The van der Waals surface area contributed by atoms with E-state index in [0.717, 1.165) is 32.7 Å². The van der Waals surface area contributed by atoms with Gasteiger partial charge >= 0.3 is 0 Å². The maximum absolute atomic E-state index is 5.45. The summed E-state index contributed by atoms with van der Waals surface area (Å²) in [7, 11) is 1.99. The van der Waals surface area contributed by atoms with Gasteiger partial charge in [-0.25, -0.2) is 0 Å². The number of nitrogens with one attached hydrogen (secondary N) is 1. The molecule has 1 fully saturated rings. The minimum Gasteiger partial charge on any atom is -0.381 e. The van der Waals surface area contributed by atoms with E-state index in [-0.39, 0.29) is 0 Å². The maximum Gasteiger partial charge on any atom is 0.0724 e. The van der Waals surface area contributed by atoms with E-state index in [1.54, 1.807) is 0 Å².